The molecule has 0 radical (unpaired) electrons. The number of hydrogen-bond donors (Lipinski definition) is 2. The highest BCUT2D eigenvalue weighted by Crippen LogP contribution is 2.42. The fourth-order valence-electron chi connectivity index (χ4n) is 5.27. The van der Waals surface area contributed by atoms with Crippen LogP contribution in [0.1, 0.15) is 22.3 Å². The van der Waals surface area contributed by atoms with Gasteiger partial charge in [0.05, 0.1) is 11.0 Å². The molecule has 192 valence electrons. The maximum absolute atomic E-state index is 6.60. The van der Waals surface area contributed by atoms with E-state index in [1.54, 1.807) is 0 Å². The van der Waals surface area contributed by atoms with Gasteiger partial charge in [0, 0.05) is 44.9 Å². The summed E-state index contributed by atoms with van der Waals surface area (Å²) in [5, 5.41) is 5.51. The lowest BCUT2D eigenvalue weighted by atomic mass is 9.93. The number of nitrogens with one attached hydrogen (secondary N) is 1. The van der Waals surface area contributed by atoms with Gasteiger partial charge in [0.2, 0.25) is 0 Å². The number of anilines is 2. The summed E-state index contributed by atoms with van der Waals surface area (Å²) in [5.74, 6) is 0.783. The van der Waals surface area contributed by atoms with E-state index in [0.29, 0.717) is 0 Å². The van der Waals surface area contributed by atoms with Gasteiger partial charge >= 0.3 is 0 Å². The van der Waals surface area contributed by atoms with Gasteiger partial charge in [0.15, 0.2) is 0 Å². The second-order valence-corrected chi connectivity index (χ2v) is 10.6. The lowest BCUT2D eigenvalue weighted by Gasteiger charge is -2.18. The van der Waals surface area contributed by atoms with E-state index >= 15 is 0 Å². The number of benzene rings is 5. The van der Waals surface area contributed by atoms with E-state index in [2.05, 4.69) is 112 Å². The highest BCUT2D eigenvalue weighted by atomic mass is 32.1. The van der Waals surface area contributed by atoms with Crippen molar-refractivity contribution >= 4 is 40.7 Å². The van der Waals surface area contributed by atoms with Gasteiger partial charge in [-0.15, -0.1) is 12.6 Å². The van der Waals surface area contributed by atoms with E-state index in [-0.39, 0.29) is 0 Å². The first-order chi connectivity index (χ1) is 18.9. The first kappa shape index (κ1) is 25.0. The minimum atomic E-state index is 0.783. The Bertz CT molecular complexity index is 1860. The third-order valence-electron chi connectivity index (χ3n) is 7.31. The Balaban J connectivity index is 1.59. The van der Waals surface area contributed by atoms with E-state index in [4.69, 9.17) is 22.0 Å². The Morgan fingerprint density at radius 3 is 2.08 bits per heavy atom. The number of thiol groups is 1. The van der Waals surface area contributed by atoms with Crippen LogP contribution in [0.25, 0.3) is 33.4 Å². The summed E-state index contributed by atoms with van der Waals surface area (Å²) in [5.41, 5.74) is 11.8. The van der Waals surface area contributed by atoms with E-state index in [0.717, 1.165) is 71.9 Å². The monoisotopic (exact) mass is 526 g/mol. The first-order valence-electron chi connectivity index (χ1n) is 13.1. The maximum Gasteiger partial charge on any atom is 0.137 e. The van der Waals surface area contributed by atoms with Crippen LogP contribution in [-0.4, -0.2) is 0 Å². The van der Waals surface area contributed by atoms with Crippen LogP contribution in [0.15, 0.2) is 111 Å². The fourth-order valence-corrected chi connectivity index (χ4v) is 5.54. The molecule has 0 amide bonds. The Morgan fingerprint density at radius 1 is 0.667 bits per heavy atom. The molecule has 0 unspecified atom stereocenters. The van der Waals surface area contributed by atoms with Crippen molar-refractivity contribution < 1.29 is 4.42 Å². The van der Waals surface area contributed by atoms with E-state index in [9.17, 15) is 0 Å². The Morgan fingerprint density at radius 2 is 1.36 bits per heavy atom. The number of hydrogen-bond acceptors (Lipinski definition) is 4. The van der Waals surface area contributed by atoms with Crippen LogP contribution in [0.2, 0.25) is 0 Å². The van der Waals surface area contributed by atoms with E-state index in [1.807, 2.05) is 18.2 Å². The zero-order valence-electron chi connectivity index (χ0n) is 22.5. The third-order valence-corrected chi connectivity index (χ3v) is 7.70. The number of nitrogens with zero attached hydrogens (tertiary/aromatic N) is 1. The van der Waals surface area contributed by atoms with Gasteiger partial charge in [-0.05, 0) is 85.8 Å². The van der Waals surface area contributed by atoms with Gasteiger partial charge in [-0.2, -0.15) is 0 Å². The average molecular weight is 527 g/mol. The van der Waals surface area contributed by atoms with Crippen molar-refractivity contribution in [2.24, 2.45) is 4.99 Å². The SMILES string of the molecule is Cc1cccc(C)c1/N=c1/ccc2c(-c3ccccc3S)c3ccc(Nc4c(C)cccc4C)cc3oc-2c1. The summed E-state index contributed by atoms with van der Waals surface area (Å²) in [6, 6.07) is 33.4. The summed E-state index contributed by atoms with van der Waals surface area (Å²) in [7, 11) is 0. The molecule has 0 atom stereocenters. The Labute approximate surface area is 234 Å². The Kier molecular flexibility index (Phi) is 6.49. The molecule has 39 heavy (non-hydrogen) atoms. The van der Waals surface area contributed by atoms with Crippen molar-refractivity contribution in [3.63, 3.8) is 0 Å². The topological polar surface area (TPSA) is 37.5 Å². The lowest BCUT2D eigenvalue weighted by Crippen LogP contribution is -2.03. The van der Waals surface area contributed by atoms with Crippen molar-refractivity contribution in [1.29, 1.82) is 0 Å². The molecule has 4 aromatic rings. The highest BCUT2D eigenvalue weighted by Gasteiger charge is 2.19. The van der Waals surface area contributed by atoms with Crippen LogP contribution in [0.4, 0.5) is 17.1 Å². The molecule has 1 N–H and O–H groups in total. The second kappa shape index (κ2) is 10.1. The smallest absolute Gasteiger partial charge is 0.137 e. The normalized spacial score (nSPS) is 11.9. The lowest BCUT2D eigenvalue weighted by molar-refractivity contribution is 0.619. The molecule has 4 aromatic carbocycles. The molecule has 0 aromatic heterocycles. The molecule has 0 spiro atoms. The number of rotatable bonds is 4. The van der Waals surface area contributed by atoms with Crippen LogP contribution in [0.5, 0.6) is 0 Å². The standard InChI is InChI=1S/C35H30N2OS/c1-21-9-7-10-22(2)34(21)36-25-15-17-27-30(19-25)38-31-20-26(37-35-23(3)11-8-12-24(35)4)16-18-28(31)33(27)29-13-5-6-14-32(29)39/h5-20,36,39H,1-4H3/b37-26-. The minimum absolute atomic E-state index is 0.783. The Hall–Kier alpha value is -4.28. The summed E-state index contributed by atoms with van der Waals surface area (Å²) < 4.78 is 6.60. The first-order valence-corrected chi connectivity index (χ1v) is 13.6. The molecule has 3 nitrogen and oxygen atoms in total. The fraction of sp³-hybridized carbons (Fsp3) is 0.114. The largest absolute Gasteiger partial charge is 0.456 e. The summed E-state index contributed by atoms with van der Waals surface area (Å²) in [6.07, 6.45) is 0. The van der Waals surface area contributed by atoms with Crippen molar-refractivity contribution in [3.8, 4) is 22.5 Å². The molecule has 0 saturated heterocycles. The van der Waals surface area contributed by atoms with Crippen molar-refractivity contribution in [1.82, 2.24) is 0 Å². The predicted octanol–water partition coefficient (Wildman–Crippen LogP) is 9.70. The average Bonchev–Trinajstić information content (AvgIpc) is 2.92. The van der Waals surface area contributed by atoms with Crippen LogP contribution >= 0.6 is 12.6 Å². The quantitative estimate of drug-likeness (QED) is 0.177. The van der Waals surface area contributed by atoms with Gasteiger partial charge in [0.1, 0.15) is 11.3 Å². The molecule has 1 heterocycles. The number of fused-ring (bicyclic) bond motifs is 2. The van der Waals surface area contributed by atoms with E-state index in [1.165, 1.54) is 11.1 Å². The highest BCUT2D eigenvalue weighted by molar-refractivity contribution is 7.80. The molecule has 6 rings (SSSR count). The number of aryl methyl sites for hydroxylation is 4. The molecular formula is C35H30N2OS. The zero-order chi connectivity index (χ0) is 27.1. The molecule has 0 fully saturated rings. The van der Waals surface area contributed by atoms with Crippen LogP contribution in [0, 0.1) is 27.7 Å². The maximum atomic E-state index is 6.60. The third kappa shape index (κ3) is 4.73. The molecule has 1 aliphatic carbocycles. The summed E-state index contributed by atoms with van der Waals surface area (Å²) in [4.78, 5) is 5.92. The van der Waals surface area contributed by atoms with Gasteiger partial charge < -0.3 is 9.73 Å². The van der Waals surface area contributed by atoms with Gasteiger partial charge in [-0.25, -0.2) is 4.99 Å². The molecule has 2 aliphatic rings. The summed E-state index contributed by atoms with van der Waals surface area (Å²) in [6.45, 7) is 8.43. The van der Waals surface area contributed by atoms with Crippen LogP contribution in [0.3, 0.4) is 0 Å². The van der Waals surface area contributed by atoms with Crippen LogP contribution < -0.4 is 10.7 Å². The molecule has 1 aliphatic heterocycles. The van der Waals surface area contributed by atoms with Crippen molar-refractivity contribution in [2.75, 3.05) is 5.32 Å². The number of para-hydroxylation sites is 2. The van der Waals surface area contributed by atoms with Gasteiger partial charge in [-0.3, -0.25) is 0 Å². The van der Waals surface area contributed by atoms with Crippen molar-refractivity contribution in [3.05, 3.63) is 125 Å². The summed E-state index contributed by atoms with van der Waals surface area (Å²) >= 11 is 4.82. The molecule has 4 heteroatoms. The van der Waals surface area contributed by atoms with Gasteiger partial charge in [0.25, 0.3) is 0 Å². The predicted molar refractivity (Wildman–Crippen MR) is 166 cm³/mol. The molecular weight excluding hydrogens is 496 g/mol. The molecule has 0 bridgehead atoms. The zero-order valence-corrected chi connectivity index (χ0v) is 23.4. The minimum Gasteiger partial charge on any atom is -0.456 e. The van der Waals surface area contributed by atoms with E-state index < -0.39 is 0 Å². The molecule has 0 saturated carbocycles. The van der Waals surface area contributed by atoms with Crippen LogP contribution in [-0.2, 0) is 0 Å². The second-order valence-electron chi connectivity index (χ2n) is 10.1. The van der Waals surface area contributed by atoms with Gasteiger partial charge in [-0.1, -0.05) is 54.6 Å². The van der Waals surface area contributed by atoms with Crippen molar-refractivity contribution in [2.45, 2.75) is 32.6 Å².